The molecule has 0 spiro atoms. The van der Waals surface area contributed by atoms with Crippen LogP contribution in [0, 0.1) is 0 Å². The average Bonchev–Trinajstić information content (AvgIpc) is 2.28. The molecule has 0 saturated carbocycles. The molecule has 1 rings (SSSR count). The zero-order valence-corrected chi connectivity index (χ0v) is 10.5. The lowest BCUT2D eigenvalue weighted by atomic mass is 10.2. The van der Waals surface area contributed by atoms with Crippen molar-refractivity contribution < 1.29 is 19.4 Å². The van der Waals surface area contributed by atoms with Gasteiger partial charge in [-0.1, -0.05) is 11.6 Å². The predicted octanol–water partition coefficient (Wildman–Crippen LogP) is 1.81. The maximum Gasteiger partial charge on any atom is 0.337 e. The molecular formula is C11H13ClN2O4. The molecular weight excluding hydrogens is 260 g/mol. The van der Waals surface area contributed by atoms with Crippen molar-refractivity contribution in [1.29, 1.82) is 0 Å². The molecule has 1 aromatic rings. The standard InChI is InChI=1S/C11H13ClN2O4/c1-18-5-4-13-11(17)14-7-2-3-8(10(15)16)9(12)6-7/h2-3,6H,4-5H2,1H3,(H,15,16)(H2,13,14,17). The number of carbonyl (C=O) groups excluding carboxylic acids is 1. The van der Waals surface area contributed by atoms with E-state index < -0.39 is 12.0 Å². The molecule has 0 aromatic heterocycles. The molecule has 0 aliphatic rings. The minimum atomic E-state index is -1.11. The summed E-state index contributed by atoms with van der Waals surface area (Å²) in [5, 5.41) is 13.9. The van der Waals surface area contributed by atoms with Gasteiger partial charge in [0.25, 0.3) is 0 Å². The summed E-state index contributed by atoms with van der Waals surface area (Å²) in [7, 11) is 1.53. The highest BCUT2D eigenvalue weighted by Gasteiger charge is 2.09. The van der Waals surface area contributed by atoms with Gasteiger partial charge in [0, 0.05) is 19.3 Å². The van der Waals surface area contributed by atoms with E-state index in [4.69, 9.17) is 21.4 Å². The molecule has 7 heteroatoms. The van der Waals surface area contributed by atoms with E-state index in [1.54, 1.807) is 0 Å². The van der Waals surface area contributed by atoms with Crippen LogP contribution >= 0.6 is 11.6 Å². The van der Waals surface area contributed by atoms with Crippen LogP contribution in [0.5, 0.6) is 0 Å². The lowest BCUT2D eigenvalue weighted by Crippen LogP contribution is -2.31. The van der Waals surface area contributed by atoms with Crippen LogP contribution < -0.4 is 10.6 Å². The Balaban J connectivity index is 2.60. The second-order valence-electron chi connectivity index (χ2n) is 3.37. The summed E-state index contributed by atoms with van der Waals surface area (Å²) in [6.07, 6.45) is 0. The number of rotatable bonds is 5. The van der Waals surface area contributed by atoms with Crippen molar-refractivity contribution >= 4 is 29.3 Å². The third-order valence-corrected chi connectivity index (χ3v) is 2.36. The zero-order valence-electron chi connectivity index (χ0n) is 9.70. The van der Waals surface area contributed by atoms with Gasteiger partial charge in [0.05, 0.1) is 17.2 Å². The lowest BCUT2D eigenvalue weighted by Gasteiger charge is -2.08. The normalized spacial score (nSPS) is 9.89. The summed E-state index contributed by atoms with van der Waals surface area (Å²) in [6.45, 7) is 0.787. The van der Waals surface area contributed by atoms with Gasteiger partial charge in [-0.2, -0.15) is 0 Å². The second kappa shape index (κ2) is 6.83. The van der Waals surface area contributed by atoms with Crippen LogP contribution in [0.4, 0.5) is 10.5 Å². The largest absolute Gasteiger partial charge is 0.478 e. The molecule has 0 atom stereocenters. The highest BCUT2D eigenvalue weighted by molar-refractivity contribution is 6.33. The van der Waals surface area contributed by atoms with Crippen LogP contribution in [0.3, 0.4) is 0 Å². The number of ether oxygens (including phenoxy) is 1. The van der Waals surface area contributed by atoms with Crippen LogP contribution in [-0.4, -0.2) is 37.4 Å². The lowest BCUT2D eigenvalue weighted by molar-refractivity contribution is 0.0697. The Morgan fingerprint density at radius 1 is 1.44 bits per heavy atom. The first-order valence-electron chi connectivity index (χ1n) is 5.11. The molecule has 0 radical (unpaired) electrons. The molecule has 18 heavy (non-hydrogen) atoms. The molecule has 0 bridgehead atoms. The Labute approximate surface area is 109 Å². The number of hydrogen-bond acceptors (Lipinski definition) is 3. The fraction of sp³-hybridized carbons (Fsp3) is 0.273. The number of carboxylic acids is 1. The third kappa shape index (κ3) is 4.23. The Kier molecular flexibility index (Phi) is 5.41. The maximum absolute atomic E-state index is 11.4. The van der Waals surface area contributed by atoms with E-state index in [0.29, 0.717) is 18.8 Å². The summed E-state index contributed by atoms with van der Waals surface area (Å²) >= 11 is 5.76. The summed E-state index contributed by atoms with van der Waals surface area (Å²) in [5.74, 6) is -1.11. The van der Waals surface area contributed by atoms with Crippen molar-refractivity contribution in [3.63, 3.8) is 0 Å². The molecule has 2 amide bonds. The first kappa shape index (κ1) is 14.3. The van der Waals surface area contributed by atoms with Gasteiger partial charge in [0.15, 0.2) is 0 Å². The number of aromatic carboxylic acids is 1. The molecule has 3 N–H and O–H groups in total. The molecule has 0 fully saturated rings. The number of amides is 2. The van der Waals surface area contributed by atoms with Gasteiger partial charge >= 0.3 is 12.0 Å². The molecule has 0 saturated heterocycles. The van der Waals surface area contributed by atoms with E-state index in [-0.39, 0.29) is 10.6 Å². The van der Waals surface area contributed by atoms with Crippen LogP contribution in [0.25, 0.3) is 0 Å². The number of urea groups is 1. The Hall–Kier alpha value is -1.79. The molecule has 98 valence electrons. The number of anilines is 1. The van der Waals surface area contributed by atoms with Crippen molar-refractivity contribution in [3.8, 4) is 0 Å². The minimum absolute atomic E-state index is 0.0120. The van der Waals surface area contributed by atoms with Gasteiger partial charge in [0.1, 0.15) is 0 Å². The number of carbonyl (C=O) groups is 2. The first-order chi connectivity index (χ1) is 8.54. The predicted molar refractivity (Wildman–Crippen MR) is 67.3 cm³/mol. The van der Waals surface area contributed by atoms with E-state index in [1.807, 2.05) is 0 Å². The van der Waals surface area contributed by atoms with Gasteiger partial charge in [-0.05, 0) is 18.2 Å². The number of methoxy groups -OCH3 is 1. The average molecular weight is 273 g/mol. The number of benzene rings is 1. The van der Waals surface area contributed by atoms with E-state index >= 15 is 0 Å². The van der Waals surface area contributed by atoms with E-state index in [0.717, 1.165) is 0 Å². The van der Waals surface area contributed by atoms with Gasteiger partial charge in [-0.15, -0.1) is 0 Å². The Morgan fingerprint density at radius 3 is 2.72 bits per heavy atom. The van der Waals surface area contributed by atoms with Gasteiger partial charge in [-0.25, -0.2) is 9.59 Å². The van der Waals surface area contributed by atoms with Crippen molar-refractivity contribution in [3.05, 3.63) is 28.8 Å². The minimum Gasteiger partial charge on any atom is -0.478 e. The highest BCUT2D eigenvalue weighted by Crippen LogP contribution is 2.20. The van der Waals surface area contributed by atoms with Crippen molar-refractivity contribution in [2.75, 3.05) is 25.6 Å². The fourth-order valence-electron chi connectivity index (χ4n) is 1.21. The van der Waals surface area contributed by atoms with Crippen molar-refractivity contribution in [1.82, 2.24) is 5.32 Å². The Morgan fingerprint density at radius 2 is 2.17 bits per heavy atom. The molecule has 6 nitrogen and oxygen atoms in total. The van der Waals surface area contributed by atoms with E-state index in [2.05, 4.69) is 10.6 Å². The monoisotopic (exact) mass is 272 g/mol. The van der Waals surface area contributed by atoms with Gasteiger partial charge < -0.3 is 20.5 Å². The van der Waals surface area contributed by atoms with Crippen LogP contribution in [0.15, 0.2) is 18.2 Å². The fourth-order valence-corrected chi connectivity index (χ4v) is 1.47. The number of nitrogens with one attached hydrogen (secondary N) is 2. The maximum atomic E-state index is 11.4. The number of halogens is 1. The summed E-state index contributed by atoms with van der Waals surface area (Å²) in [4.78, 5) is 22.1. The van der Waals surface area contributed by atoms with Crippen LogP contribution in [0.2, 0.25) is 5.02 Å². The van der Waals surface area contributed by atoms with E-state index in [1.165, 1.54) is 25.3 Å². The van der Waals surface area contributed by atoms with Crippen LogP contribution in [0.1, 0.15) is 10.4 Å². The zero-order chi connectivity index (χ0) is 13.5. The molecule has 0 aliphatic heterocycles. The quantitative estimate of drug-likeness (QED) is 0.713. The van der Waals surface area contributed by atoms with Crippen molar-refractivity contribution in [2.24, 2.45) is 0 Å². The second-order valence-corrected chi connectivity index (χ2v) is 3.78. The highest BCUT2D eigenvalue weighted by atomic mass is 35.5. The van der Waals surface area contributed by atoms with Gasteiger partial charge in [-0.3, -0.25) is 0 Å². The summed E-state index contributed by atoms with van der Waals surface area (Å²) in [5.41, 5.74) is 0.405. The third-order valence-electron chi connectivity index (χ3n) is 2.05. The molecule has 1 aromatic carbocycles. The van der Waals surface area contributed by atoms with Crippen molar-refractivity contribution in [2.45, 2.75) is 0 Å². The van der Waals surface area contributed by atoms with E-state index in [9.17, 15) is 9.59 Å². The number of hydrogen-bond donors (Lipinski definition) is 3. The van der Waals surface area contributed by atoms with Crippen LogP contribution in [-0.2, 0) is 4.74 Å². The number of carboxylic acid groups (broad SMARTS) is 1. The van der Waals surface area contributed by atoms with Gasteiger partial charge in [0.2, 0.25) is 0 Å². The molecule has 0 aliphatic carbocycles. The Bertz CT molecular complexity index is 451. The molecule has 0 unspecified atom stereocenters. The molecule has 0 heterocycles. The first-order valence-corrected chi connectivity index (χ1v) is 5.49. The SMILES string of the molecule is COCCNC(=O)Nc1ccc(C(=O)O)c(Cl)c1. The summed E-state index contributed by atoms with van der Waals surface area (Å²) < 4.78 is 4.77. The summed E-state index contributed by atoms with van der Waals surface area (Å²) in [6, 6.07) is 3.76. The topological polar surface area (TPSA) is 87.7 Å². The smallest absolute Gasteiger partial charge is 0.337 e.